The van der Waals surface area contributed by atoms with Crippen LogP contribution in [0.2, 0.25) is 0 Å². The van der Waals surface area contributed by atoms with E-state index < -0.39 is 0 Å². The smallest absolute Gasteiger partial charge is 0.111 e. The molecule has 1 aliphatic carbocycles. The Balaban J connectivity index is 2.16. The lowest BCUT2D eigenvalue weighted by Crippen LogP contribution is -2.71. The Kier molecular flexibility index (Phi) is 1.30. The molecule has 7 heavy (non-hydrogen) atoms. The van der Waals surface area contributed by atoms with Crippen LogP contribution < -0.4 is 5.73 Å². The minimum absolute atomic E-state index is 0.472. The van der Waals surface area contributed by atoms with Crippen LogP contribution in [0.5, 0.6) is 0 Å². The van der Waals surface area contributed by atoms with Gasteiger partial charge in [-0.15, -0.1) is 0 Å². The normalized spacial score (nSPS) is 40.3. The summed E-state index contributed by atoms with van der Waals surface area (Å²) in [6.07, 6.45) is 2.93. The minimum Gasteiger partial charge on any atom is -0.375 e. The van der Waals surface area contributed by atoms with Crippen molar-refractivity contribution >= 4 is 0 Å². The van der Waals surface area contributed by atoms with Crippen LogP contribution in [0.15, 0.2) is 0 Å². The largest absolute Gasteiger partial charge is 0.375 e. The molecule has 0 amide bonds. The second-order valence-electron chi connectivity index (χ2n) is 2.11. The third kappa shape index (κ3) is 0.763. The van der Waals surface area contributed by atoms with E-state index in [0.717, 1.165) is 0 Å². The second kappa shape index (κ2) is 1.80. The molecule has 0 aromatic rings. The molecule has 0 bridgehead atoms. The Morgan fingerprint density at radius 3 is 2.29 bits per heavy atom. The fraction of sp³-hybridized carbons (Fsp3) is 1.00. The molecule has 0 spiro atoms. The zero-order valence-electron chi connectivity index (χ0n) is 4.68. The average molecular weight is 102 g/mol. The molecule has 1 rings (SSSR count). The zero-order valence-corrected chi connectivity index (χ0v) is 4.68. The number of rotatable bonds is 1. The second-order valence-corrected chi connectivity index (χ2v) is 2.11. The standard InChI is InChI=1S/C5H11NO/c1-7-5-3-2-4(5)6/h4-5H,2-3,6H2,1H3/p+1/t4?,5-/m0/s1. The number of hydrogen-bond acceptors (Lipinski definition) is 1. The first-order valence-corrected chi connectivity index (χ1v) is 2.70. The summed E-state index contributed by atoms with van der Waals surface area (Å²) in [5, 5.41) is 0. The van der Waals surface area contributed by atoms with E-state index in [1.54, 1.807) is 7.11 Å². The van der Waals surface area contributed by atoms with Gasteiger partial charge in [-0.3, -0.25) is 0 Å². The van der Waals surface area contributed by atoms with Crippen molar-refractivity contribution in [3.05, 3.63) is 0 Å². The average Bonchev–Trinajstić information content (AvgIpc) is 1.65. The molecule has 2 nitrogen and oxygen atoms in total. The summed E-state index contributed by atoms with van der Waals surface area (Å²) in [6.45, 7) is 0. The van der Waals surface area contributed by atoms with E-state index in [9.17, 15) is 0 Å². The van der Waals surface area contributed by atoms with Gasteiger partial charge < -0.3 is 10.5 Å². The fourth-order valence-corrected chi connectivity index (χ4v) is 0.849. The number of methoxy groups -OCH3 is 1. The van der Waals surface area contributed by atoms with Crippen LogP contribution >= 0.6 is 0 Å². The zero-order chi connectivity index (χ0) is 5.28. The first-order chi connectivity index (χ1) is 3.34. The molecule has 0 radical (unpaired) electrons. The Hall–Kier alpha value is -0.0800. The van der Waals surface area contributed by atoms with Gasteiger partial charge in [0.15, 0.2) is 0 Å². The molecular formula is C5H12NO+. The third-order valence-electron chi connectivity index (χ3n) is 1.65. The molecule has 0 aromatic carbocycles. The molecule has 1 saturated carbocycles. The van der Waals surface area contributed by atoms with Gasteiger partial charge >= 0.3 is 0 Å². The first kappa shape index (κ1) is 5.06. The van der Waals surface area contributed by atoms with E-state index in [-0.39, 0.29) is 0 Å². The van der Waals surface area contributed by atoms with Crippen LogP contribution in [0, 0.1) is 0 Å². The number of hydrogen-bond donors (Lipinski definition) is 1. The summed E-state index contributed by atoms with van der Waals surface area (Å²) in [6, 6.07) is 0.574. The van der Waals surface area contributed by atoms with Gasteiger partial charge in [0.05, 0.1) is 0 Å². The topological polar surface area (TPSA) is 36.9 Å². The molecule has 0 aromatic heterocycles. The van der Waals surface area contributed by atoms with Crippen molar-refractivity contribution in [2.24, 2.45) is 0 Å². The molecule has 0 heterocycles. The Labute approximate surface area is 43.6 Å². The van der Waals surface area contributed by atoms with Gasteiger partial charge in [-0.25, -0.2) is 0 Å². The minimum atomic E-state index is 0.472. The lowest BCUT2D eigenvalue weighted by molar-refractivity contribution is -0.460. The first-order valence-electron chi connectivity index (χ1n) is 2.70. The van der Waals surface area contributed by atoms with E-state index in [1.165, 1.54) is 12.8 Å². The molecule has 1 unspecified atom stereocenters. The summed E-state index contributed by atoms with van der Waals surface area (Å²) in [5.41, 5.74) is 3.87. The highest BCUT2D eigenvalue weighted by Crippen LogP contribution is 2.17. The van der Waals surface area contributed by atoms with Gasteiger partial charge in [0.25, 0.3) is 0 Å². The highest BCUT2D eigenvalue weighted by atomic mass is 16.5. The lowest BCUT2D eigenvalue weighted by atomic mass is 9.90. The number of ether oxygens (including phenoxy) is 1. The van der Waals surface area contributed by atoms with Crippen molar-refractivity contribution in [3.8, 4) is 0 Å². The maximum atomic E-state index is 5.04. The van der Waals surface area contributed by atoms with E-state index in [0.29, 0.717) is 12.1 Å². The summed E-state index contributed by atoms with van der Waals surface area (Å²) >= 11 is 0. The molecule has 2 heteroatoms. The van der Waals surface area contributed by atoms with Crippen molar-refractivity contribution in [1.29, 1.82) is 0 Å². The Morgan fingerprint density at radius 1 is 1.57 bits per heavy atom. The van der Waals surface area contributed by atoms with Crippen LogP contribution in [0.1, 0.15) is 12.8 Å². The van der Waals surface area contributed by atoms with Gasteiger partial charge in [-0.1, -0.05) is 0 Å². The fourth-order valence-electron chi connectivity index (χ4n) is 0.849. The third-order valence-corrected chi connectivity index (χ3v) is 1.65. The van der Waals surface area contributed by atoms with Crippen LogP contribution in [-0.4, -0.2) is 19.3 Å². The molecule has 2 atom stereocenters. The van der Waals surface area contributed by atoms with Crippen molar-refractivity contribution < 1.29 is 10.5 Å². The Bertz CT molecular complexity index is 63.1. The summed E-state index contributed by atoms with van der Waals surface area (Å²) < 4.78 is 5.04. The SMILES string of the molecule is CO[C@H]1CCC1[NH3+]. The van der Waals surface area contributed by atoms with Crippen molar-refractivity contribution in [2.75, 3.05) is 7.11 Å². The Morgan fingerprint density at radius 2 is 2.29 bits per heavy atom. The summed E-state index contributed by atoms with van der Waals surface area (Å²) in [4.78, 5) is 0. The van der Waals surface area contributed by atoms with Gasteiger partial charge in [0.2, 0.25) is 0 Å². The number of quaternary nitrogens is 1. The quantitative estimate of drug-likeness (QED) is 0.472. The molecule has 3 N–H and O–H groups in total. The molecular weight excluding hydrogens is 90.1 g/mol. The predicted octanol–water partition coefficient (Wildman–Crippen LogP) is -0.594. The van der Waals surface area contributed by atoms with Crippen LogP contribution in [-0.2, 0) is 4.74 Å². The van der Waals surface area contributed by atoms with Gasteiger partial charge in [0, 0.05) is 13.5 Å². The molecule has 0 aliphatic heterocycles. The van der Waals surface area contributed by atoms with Crippen molar-refractivity contribution in [3.63, 3.8) is 0 Å². The monoisotopic (exact) mass is 102 g/mol. The molecule has 0 saturated heterocycles. The van der Waals surface area contributed by atoms with Crippen molar-refractivity contribution in [2.45, 2.75) is 25.0 Å². The maximum Gasteiger partial charge on any atom is 0.111 e. The lowest BCUT2D eigenvalue weighted by Gasteiger charge is -2.28. The highest BCUT2D eigenvalue weighted by molar-refractivity contribution is 4.78. The highest BCUT2D eigenvalue weighted by Gasteiger charge is 2.30. The van der Waals surface area contributed by atoms with Crippen LogP contribution in [0.25, 0.3) is 0 Å². The summed E-state index contributed by atoms with van der Waals surface area (Å²) in [7, 11) is 1.75. The van der Waals surface area contributed by atoms with Crippen LogP contribution in [0.4, 0.5) is 0 Å². The molecule has 42 valence electrons. The maximum absolute atomic E-state index is 5.04. The van der Waals surface area contributed by atoms with E-state index in [1.807, 2.05) is 0 Å². The van der Waals surface area contributed by atoms with Crippen LogP contribution in [0.3, 0.4) is 0 Å². The molecule has 1 aliphatic rings. The van der Waals surface area contributed by atoms with Gasteiger partial charge in [-0.05, 0) is 6.42 Å². The molecule has 1 fully saturated rings. The van der Waals surface area contributed by atoms with Gasteiger partial charge in [0.1, 0.15) is 12.1 Å². The summed E-state index contributed by atoms with van der Waals surface area (Å²) in [5.74, 6) is 0. The van der Waals surface area contributed by atoms with Crippen molar-refractivity contribution in [1.82, 2.24) is 0 Å². The van der Waals surface area contributed by atoms with E-state index >= 15 is 0 Å². The van der Waals surface area contributed by atoms with E-state index in [2.05, 4.69) is 5.73 Å². The van der Waals surface area contributed by atoms with Gasteiger partial charge in [-0.2, -0.15) is 0 Å². The van der Waals surface area contributed by atoms with E-state index in [4.69, 9.17) is 4.74 Å². The predicted molar refractivity (Wildman–Crippen MR) is 26.7 cm³/mol.